The molecule has 140 valence electrons. The van der Waals surface area contributed by atoms with Crippen molar-refractivity contribution in [3.63, 3.8) is 0 Å². The zero-order valence-corrected chi connectivity index (χ0v) is 17.1. The van der Waals surface area contributed by atoms with E-state index in [1.165, 1.54) is 57.8 Å². The van der Waals surface area contributed by atoms with E-state index in [4.69, 9.17) is 0 Å². The van der Waals surface area contributed by atoms with E-state index >= 15 is 0 Å². The number of rotatable bonds is 15. The molecule has 0 aromatic heterocycles. The molecule has 0 fully saturated rings. The minimum absolute atomic E-state index is 0.360. The van der Waals surface area contributed by atoms with Crippen LogP contribution in [0.3, 0.4) is 0 Å². The first kappa shape index (κ1) is 23.0. The van der Waals surface area contributed by atoms with Crippen molar-refractivity contribution in [1.29, 1.82) is 0 Å². The summed E-state index contributed by atoms with van der Waals surface area (Å²) in [5, 5.41) is 9.42. The molecule has 1 N–H and O–H groups in total. The molecule has 0 heterocycles. The Morgan fingerprint density at radius 3 is 1.26 bits per heavy atom. The van der Waals surface area contributed by atoms with Crippen LogP contribution in [0.25, 0.3) is 0 Å². The van der Waals surface area contributed by atoms with Gasteiger partial charge in [-0.05, 0) is 42.4 Å². The SMILES string of the molecule is CCCC(C)C(CCC)C(CCCO)C(CCC)C(C)CCC. The van der Waals surface area contributed by atoms with E-state index in [2.05, 4.69) is 41.5 Å². The quantitative estimate of drug-likeness (QED) is 0.341. The van der Waals surface area contributed by atoms with Crippen LogP contribution in [-0.4, -0.2) is 11.7 Å². The van der Waals surface area contributed by atoms with Gasteiger partial charge in [0.05, 0.1) is 0 Å². The van der Waals surface area contributed by atoms with E-state index in [1.807, 2.05) is 0 Å². The fourth-order valence-corrected chi connectivity index (χ4v) is 4.92. The number of aliphatic hydroxyl groups excluding tert-OH is 1. The van der Waals surface area contributed by atoms with Gasteiger partial charge in [-0.3, -0.25) is 0 Å². The third-order valence-electron chi connectivity index (χ3n) is 5.99. The van der Waals surface area contributed by atoms with Crippen molar-refractivity contribution in [3.05, 3.63) is 0 Å². The van der Waals surface area contributed by atoms with Crippen molar-refractivity contribution in [2.45, 2.75) is 106 Å². The molecule has 23 heavy (non-hydrogen) atoms. The fourth-order valence-electron chi connectivity index (χ4n) is 4.92. The second kappa shape index (κ2) is 14.3. The van der Waals surface area contributed by atoms with Gasteiger partial charge in [0, 0.05) is 6.61 Å². The molecular formula is C22H46O. The summed E-state index contributed by atoms with van der Waals surface area (Å²) in [5.41, 5.74) is 0. The van der Waals surface area contributed by atoms with Crippen LogP contribution in [0.4, 0.5) is 0 Å². The second-order valence-electron chi connectivity index (χ2n) is 7.97. The lowest BCUT2D eigenvalue weighted by Gasteiger charge is -2.40. The van der Waals surface area contributed by atoms with Crippen molar-refractivity contribution in [1.82, 2.24) is 0 Å². The standard InChI is InChI=1S/C22H46O/c1-7-12-18(5)20(14-9-3)22(16-11-17-23)21(15-10-4)19(6)13-8-2/h18-23H,7-17H2,1-6H3. The van der Waals surface area contributed by atoms with E-state index in [0.717, 1.165) is 36.0 Å². The Labute approximate surface area is 147 Å². The van der Waals surface area contributed by atoms with E-state index < -0.39 is 0 Å². The first-order valence-corrected chi connectivity index (χ1v) is 10.7. The monoisotopic (exact) mass is 326 g/mol. The summed E-state index contributed by atoms with van der Waals surface area (Å²) in [6.07, 6.45) is 12.9. The summed E-state index contributed by atoms with van der Waals surface area (Å²) in [6.45, 7) is 14.7. The van der Waals surface area contributed by atoms with Crippen LogP contribution in [-0.2, 0) is 0 Å². The van der Waals surface area contributed by atoms with Crippen molar-refractivity contribution in [2.75, 3.05) is 6.61 Å². The van der Waals surface area contributed by atoms with Crippen LogP contribution in [0.15, 0.2) is 0 Å². The molecule has 0 aliphatic carbocycles. The molecule has 0 saturated carbocycles. The lowest BCUT2D eigenvalue weighted by atomic mass is 9.65. The largest absolute Gasteiger partial charge is 0.396 e. The maximum Gasteiger partial charge on any atom is 0.0431 e. The summed E-state index contributed by atoms with van der Waals surface area (Å²) in [5.74, 6) is 4.17. The lowest BCUT2D eigenvalue weighted by molar-refractivity contribution is 0.0884. The minimum atomic E-state index is 0.360. The van der Waals surface area contributed by atoms with Gasteiger partial charge in [-0.25, -0.2) is 0 Å². The van der Waals surface area contributed by atoms with Crippen LogP contribution >= 0.6 is 0 Å². The minimum Gasteiger partial charge on any atom is -0.396 e. The van der Waals surface area contributed by atoms with E-state index in [1.54, 1.807) is 0 Å². The molecule has 0 amide bonds. The Balaban J connectivity index is 5.33. The molecule has 0 radical (unpaired) electrons. The average molecular weight is 327 g/mol. The van der Waals surface area contributed by atoms with Crippen LogP contribution in [0.2, 0.25) is 0 Å². The second-order valence-corrected chi connectivity index (χ2v) is 7.97. The Bertz CT molecular complexity index is 228. The highest BCUT2D eigenvalue weighted by Crippen LogP contribution is 2.42. The van der Waals surface area contributed by atoms with Crippen LogP contribution in [0.5, 0.6) is 0 Å². The normalized spacial score (nSPS) is 18.4. The van der Waals surface area contributed by atoms with Gasteiger partial charge in [0.2, 0.25) is 0 Å². The number of hydrogen-bond donors (Lipinski definition) is 1. The molecule has 0 saturated heterocycles. The van der Waals surface area contributed by atoms with E-state index in [-0.39, 0.29) is 0 Å². The Morgan fingerprint density at radius 2 is 0.957 bits per heavy atom. The molecule has 0 spiro atoms. The summed E-state index contributed by atoms with van der Waals surface area (Å²) >= 11 is 0. The maximum absolute atomic E-state index is 9.42. The molecule has 0 aliphatic rings. The Morgan fingerprint density at radius 1 is 0.565 bits per heavy atom. The van der Waals surface area contributed by atoms with E-state index in [0.29, 0.717) is 6.61 Å². The molecule has 0 aromatic carbocycles. The Hall–Kier alpha value is -0.0400. The van der Waals surface area contributed by atoms with E-state index in [9.17, 15) is 5.11 Å². The lowest BCUT2D eigenvalue weighted by Crippen LogP contribution is -2.32. The molecule has 4 atom stereocenters. The third-order valence-corrected chi connectivity index (χ3v) is 5.99. The van der Waals surface area contributed by atoms with Crippen LogP contribution in [0, 0.1) is 29.6 Å². The molecule has 1 nitrogen and oxygen atoms in total. The first-order chi connectivity index (χ1) is 11.1. The highest BCUT2D eigenvalue weighted by atomic mass is 16.2. The molecule has 0 bridgehead atoms. The number of aliphatic hydroxyl groups is 1. The highest BCUT2D eigenvalue weighted by Gasteiger charge is 2.33. The predicted molar refractivity (Wildman–Crippen MR) is 105 cm³/mol. The van der Waals surface area contributed by atoms with Gasteiger partial charge in [0.1, 0.15) is 0 Å². The van der Waals surface area contributed by atoms with Crippen molar-refractivity contribution < 1.29 is 5.11 Å². The summed E-state index contributed by atoms with van der Waals surface area (Å²) < 4.78 is 0. The molecular weight excluding hydrogens is 280 g/mol. The van der Waals surface area contributed by atoms with Gasteiger partial charge in [-0.1, -0.05) is 92.9 Å². The molecule has 0 aromatic rings. The van der Waals surface area contributed by atoms with Gasteiger partial charge in [0.25, 0.3) is 0 Å². The van der Waals surface area contributed by atoms with Crippen LogP contribution in [0.1, 0.15) is 106 Å². The summed E-state index contributed by atoms with van der Waals surface area (Å²) in [7, 11) is 0. The van der Waals surface area contributed by atoms with Crippen LogP contribution < -0.4 is 0 Å². The van der Waals surface area contributed by atoms with Gasteiger partial charge in [0.15, 0.2) is 0 Å². The number of hydrogen-bond acceptors (Lipinski definition) is 1. The maximum atomic E-state index is 9.42. The van der Waals surface area contributed by atoms with Gasteiger partial charge < -0.3 is 5.11 Å². The topological polar surface area (TPSA) is 20.2 Å². The third kappa shape index (κ3) is 8.57. The highest BCUT2D eigenvalue weighted by molar-refractivity contribution is 4.83. The molecule has 4 unspecified atom stereocenters. The summed E-state index contributed by atoms with van der Waals surface area (Å²) in [4.78, 5) is 0. The molecule has 1 heteroatoms. The van der Waals surface area contributed by atoms with Gasteiger partial charge >= 0.3 is 0 Å². The molecule has 0 aliphatic heterocycles. The van der Waals surface area contributed by atoms with Gasteiger partial charge in [-0.2, -0.15) is 0 Å². The zero-order chi connectivity index (χ0) is 17.7. The first-order valence-electron chi connectivity index (χ1n) is 10.7. The molecule has 0 rings (SSSR count). The summed E-state index contributed by atoms with van der Waals surface area (Å²) in [6, 6.07) is 0. The van der Waals surface area contributed by atoms with Crippen molar-refractivity contribution in [2.24, 2.45) is 29.6 Å². The van der Waals surface area contributed by atoms with Gasteiger partial charge in [-0.15, -0.1) is 0 Å². The fraction of sp³-hybridized carbons (Fsp3) is 1.00. The van der Waals surface area contributed by atoms with Crippen molar-refractivity contribution in [3.8, 4) is 0 Å². The zero-order valence-electron chi connectivity index (χ0n) is 17.1. The van der Waals surface area contributed by atoms with Crippen molar-refractivity contribution >= 4 is 0 Å². The smallest absolute Gasteiger partial charge is 0.0431 e. The Kier molecular flexibility index (Phi) is 14.3. The predicted octanol–water partition coefficient (Wildman–Crippen LogP) is 7.08. The average Bonchev–Trinajstić information content (AvgIpc) is 2.53.